The molecule has 31 heavy (non-hydrogen) atoms. The van der Waals surface area contributed by atoms with Crippen molar-refractivity contribution in [3.05, 3.63) is 30.3 Å². The number of anilines is 1. The lowest BCUT2D eigenvalue weighted by Gasteiger charge is -2.39. The first kappa shape index (κ1) is 23.5. The molecular formula is C24H39N5O2. The number of hydrogen-bond donors (Lipinski definition) is 1. The van der Waals surface area contributed by atoms with Gasteiger partial charge >= 0.3 is 0 Å². The van der Waals surface area contributed by atoms with E-state index in [4.69, 9.17) is 0 Å². The van der Waals surface area contributed by atoms with Gasteiger partial charge in [-0.25, -0.2) is 0 Å². The zero-order chi connectivity index (χ0) is 22.4. The number of para-hydroxylation sites is 1. The van der Waals surface area contributed by atoms with Crippen LogP contribution < -0.4 is 10.2 Å². The minimum Gasteiger partial charge on any atom is -0.368 e. The van der Waals surface area contributed by atoms with E-state index >= 15 is 0 Å². The SMILES string of the molecule is C[C@H](C(=O)N1CCN(c2ccccc2)CC1)N1CCCN(CC(=O)NC(C)(C)C)CC1. The molecule has 0 spiro atoms. The number of rotatable bonds is 5. The number of piperazine rings is 1. The molecule has 2 fully saturated rings. The summed E-state index contributed by atoms with van der Waals surface area (Å²) >= 11 is 0. The van der Waals surface area contributed by atoms with Gasteiger partial charge < -0.3 is 15.1 Å². The van der Waals surface area contributed by atoms with Crippen molar-refractivity contribution in [1.82, 2.24) is 20.0 Å². The minimum atomic E-state index is -0.208. The molecule has 3 rings (SSSR count). The molecule has 172 valence electrons. The van der Waals surface area contributed by atoms with Crippen molar-refractivity contribution in [2.75, 3.05) is 63.8 Å². The number of hydrogen-bond acceptors (Lipinski definition) is 5. The minimum absolute atomic E-state index is 0.0707. The zero-order valence-corrected chi connectivity index (χ0v) is 19.6. The molecule has 0 saturated carbocycles. The molecule has 2 aliphatic rings. The molecular weight excluding hydrogens is 390 g/mol. The van der Waals surface area contributed by atoms with E-state index in [1.54, 1.807) is 0 Å². The van der Waals surface area contributed by atoms with E-state index in [-0.39, 0.29) is 23.4 Å². The van der Waals surface area contributed by atoms with E-state index in [2.05, 4.69) is 44.3 Å². The van der Waals surface area contributed by atoms with Gasteiger partial charge in [0, 0.05) is 57.0 Å². The molecule has 1 atom stereocenters. The molecule has 0 bridgehead atoms. The van der Waals surface area contributed by atoms with E-state index < -0.39 is 0 Å². The van der Waals surface area contributed by atoms with Gasteiger partial charge in [0.25, 0.3) is 0 Å². The summed E-state index contributed by atoms with van der Waals surface area (Å²) in [6.07, 6.45) is 0.974. The van der Waals surface area contributed by atoms with Crippen LogP contribution >= 0.6 is 0 Å². The standard InChI is InChI=1S/C24H39N5O2/c1-20(23(31)29-17-15-28(16-18-29)21-9-6-5-7-10-21)27-12-8-11-26(13-14-27)19-22(30)25-24(2,3)4/h5-7,9-10,20H,8,11-19H2,1-4H3,(H,25,30)/t20-/m1/s1. The van der Waals surface area contributed by atoms with E-state index in [9.17, 15) is 9.59 Å². The van der Waals surface area contributed by atoms with E-state index in [0.717, 1.165) is 58.8 Å². The second-order valence-corrected chi connectivity index (χ2v) is 9.79. The predicted molar refractivity (Wildman–Crippen MR) is 125 cm³/mol. The summed E-state index contributed by atoms with van der Waals surface area (Å²) in [7, 11) is 0. The molecule has 1 aromatic rings. The first-order chi connectivity index (χ1) is 14.7. The quantitative estimate of drug-likeness (QED) is 0.771. The fourth-order valence-electron chi connectivity index (χ4n) is 4.44. The van der Waals surface area contributed by atoms with Crippen molar-refractivity contribution in [3.63, 3.8) is 0 Å². The Morgan fingerprint density at radius 1 is 0.935 bits per heavy atom. The summed E-state index contributed by atoms with van der Waals surface area (Å²) in [5, 5.41) is 3.04. The summed E-state index contributed by atoms with van der Waals surface area (Å²) in [6.45, 7) is 15.2. The Bertz CT molecular complexity index is 725. The van der Waals surface area contributed by atoms with Crippen LogP contribution in [0.15, 0.2) is 30.3 Å². The van der Waals surface area contributed by atoms with Gasteiger partial charge in [0.15, 0.2) is 0 Å². The second kappa shape index (κ2) is 10.5. The van der Waals surface area contributed by atoms with Crippen LogP contribution in [0.4, 0.5) is 5.69 Å². The molecule has 0 radical (unpaired) electrons. The molecule has 2 amide bonds. The van der Waals surface area contributed by atoms with Gasteiger partial charge in [-0.1, -0.05) is 18.2 Å². The van der Waals surface area contributed by atoms with Crippen LogP contribution in [-0.4, -0.2) is 97.0 Å². The maximum atomic E-state index is 13.2. The molecule has 7 heteroatoms. The predicted octanol–water partition coefficient (Wildman–Crippen LogP) is 1.65. The lowest BCUT2D eigenvalue weighted by Crippen LogP contribution is -2.54. The van der Waals surface area contributed by atoms with Crippen molar-refractivity contribution in [3.8, 4) is 0 Å². The Morgan fingerprint density at radius 3 is 2.26 bits per heavy atom. The number of carbonyl (C=O) groups is 2. The Hall–Kier alpha value is -2.12. The molecule has 2 saturated heterocycles. The van der Waals surface area contributed by atoms with Crippen molar-refractivity contribution in [1.29, 1.82) is 0 Å². The van der Waals surface area contributed by atoms with Crippen LogP contribution in [0.3, 0.4) is 0 Å². The number of nitrogens with one attached hydrogen (secondary N) is 1. The number of carbonyl (C=O) groups excluding carboxylic acids is 2. The van der Waals surface area contributed by atoms with Crippen molar-refractivity contribution in [2.24, 2.45) is 0 Å². The first-order valence-electron chi connectivity index (χ1n) is 11.6. The largest absolute Gasteiger partial charge is 0.368 e. The molecule has 1 N–H and O–H groups in total. The van der Waals surface area contributed by atoms with Crippen LogP contribution in [0.1, 0.15) is 34.1 Å². The smallest absolute Gasteiger partial charge is 0.239 e. The van der Waals surface area contributed by atoms with Crippen molar-refractivity contribution < 1.29 is 9.59 Å². The highest BCUT2D eigenvalue weighted by atomic mass is 16.2. The van der Waals surface area contributed by atoms with Gasteiger partial charge in [0.2, 0.25) is 11.8 Å². The molecule has 0 unspecified atom stereocenters. The van der Waals surface area contributed by atoms with Crippen LogP contribution in [0, 0.1) is 0 Å². The normalized spacial score (nSPS) is 20.3. The van der Waals surface area contributed by atoms with Gasteiger partial charge in [-0.15, -0.1) is 0 Å². The fraction of sp³-hybridized carbons (Fsp3) is 0.667. The average Bonchev–Trinajstić information content (AvgIpc) is 2.97. The lowest BCUT2D eigenvalue weighted by molar-refractivity contribution is -0.136. The fourth-order valence-corrected chi connectivity index (χ4v) is 4.44. The Morgan fingerprint density at radius 2 is 1.61 bits per heavy atom. The number of nitrogens with zero attached hydrogens (tertiary/aromatic N) is 4. The maximum absolute atomic E-state index is 13.2. The summed E-state index contributed by atoms with van der Waals surface area (Å²) in [6, 6.07) is 10.3. The highest BCUT2D eigenvalue weighted by Gasteiger charge is 2.30. The van der Waals surface area contributed by atoms with Crippen LogP contribution in [0.5, 0.6) is 0 Å². The summed E-state index contributed by atoms with van der Waals surface area (Å²) < 4.78 is 0. The van der Waals surface area contributed by atoms with Gasteiger partial charge in [0.1, 0.15) is 0 Å². The molecule has 2 aliphatic heterocycles. The van der Waals surface area contributed by atoms with E-state index in [1.165, 1.54) is 5.69 Å². The van der Waals surface area contributed by atoms with E-state index in [1.807, 2.05) is 38.7 Å². The lowest BCUT2D eigenvalue weighted by atomic mass is 10.1. The maximum Gasteiger partial charge on any atom is 0.239 e. The molecule has 0 aromatic heterocycles. The van der Waals surface area contributed by atoms with Crippen molar-refractivity contribution in [2.45, 2.75) is 45.7 Å². The van der Waals surface area contributed by atoms with Gasteiger partial charge in [-0.2, -0.15) is 0 Å². The molecule has 2 heterocycles. The first-order valence-corrected chi connectivity index (χ1v) is 11.6. The Labute approximate surface area is 187 Å². The summed E-state index contributed by atoms with van der Waals surface area (Å²) in [4.78, 5) is 34.3. The topological polar surface area (TPSA) is 59.1 Å². The number of amides is 2. The summed E-state index contributed by atoms with van der Waals surface area (Å²) in [5.74, 6) is 0.299. The third-order valence-electron chi connectivity index (χ3n) is 6.12. The van der Waals surface area contributed by atoms with Gasteiger partial charge in [-0.05, 0) is 52.8 Å². The molecule has 0 aliphatic carbocycles. The average molecular weight is 430 g/mol. The van der Waals surface area contributed by atoms with E-state index in [0.29, 0.717) is 6.54 Å². The third kappa shape index (κ3) is 6.94. The highest BCUT2D eigenvalue weighted by Crippen LogP contribution is 2.17. The molecule has 7 nitrogen and oxygen atoms in total. The van der Waals surface area contributed by atoms with Gasteiger partial charge in [-0.3, -0.25) is 19.4 Å². The number of benzene rings is 1. The third-order valence-corrected chi connectivity index (χ3v) is 6.12. The summed E-state index contributed by atoms with van der Waals surface area (Å²) in [5.41, 5.74) is 1.02. The molecule has 1 aromatic carbocycles. The zero-order valence-electron chi connectivity index (χ0n) is 19.6. The highest BCUT2D eigenvalue weighted by molar-refractivity contribution is 5.82. The van der Waals surface area contributed by atoms with Gasteiger partial charge in [0.05, 0.1) is 12.6 Å². The van der Waals surface area contributed by atoms with Crippen LogP contribution in [-0.2, 0) is 9.59 Å². The Balaban J connectivity index is 1.46. The van der Waals surface area contributed by atoms with Crippen LogP contribution in [0.2, 0.25) is 0 Å². The monoisotopic (exact) mass is 429 g/mol. The second-order valence-electron chi connectivity index (χ2n) is 9.79. The van der Waals surface area contributed by atoms with Crippen LogP contribution in [0.25, 0.3) is 0 Å². The van der Waals surface area contributed by atoms with Crippen molar-refractivity contribution >= 4 is 17.5 Å². The Kier molecular flexibility index (Phi) is 7.94.